The maximum Gasteiger partial charge on any atom is 0.146 e. The van der Waals surface area contributed by atoms with Crippen LogP contribution in [-0.2, 0) is 6.37 Å². The number of hydrogen-bond acceptors (Lipinski definition) is 3. The molecular weight excluding hydrogens is 138 g/mol. The maximum atomic E-state index is 7.82. The fourth-order valence-electron chi connectivity index (χ4n) is 0.537. The van der Waals surface area contributed by atoms with Crippen molar-refractivity contribution in [2.45, 2.75) is 20.1 Å². The molecule has 1 aromatic rings. The molecule has 0 radical (unpaired) electrons. The van der Waals surface area contributed by atoms with Crippen molar-refractivity contribution < 1.29 is 12.3 Å². The van der Waals surface area contributed by atoms with Gasteiger partial charge in [-0.05, 0) is 24.4 Å². The molecule has 0 bridgehead atoms. The van der Waals surface area contributed by atoms with Gasteiger partial charge < -0.3 is 5.73 Å². The molecule has 0 amide bonds. The second-order valence-electron chi connectivity index (χ2n) is 1.84. The van der Waals surface area contributed by atoms with Gasteiger partial charge in [-0.1, -0.05) is 13.7 Å². The third kappa shape index (κ3) is 2.53. The summed E-state index contributed by atoms with van der Waals surface area (Å²) in [5, 5.41) is 6.73. The van der Waals surface area contributed by atoms with Crippen LogP contribution in [0.5, 0.6) is 0 Å². The van der Waals surface area contributed by atoms with Crippen molar-refractivity contribution in [3.8, 4) is 0 Å². The molecule has 60 valence electrons. The molecular formula is C8H13N3. The molecule has 11 heavy (non-hydrogen) atoms. The van der Waals surface area contributed by atoms with Crippen LogP contribution in [-0.4, -0.2) is 10.2 Å². The van der Waals surface area contributed by atoms with E-state index < -0.39 is 31.7 Å². The van der Waals surface area contributed by atoms with Crippen LogP contribution >= 0.6 is 0 Å². The minimum absolute atomic E-state index is 0.0390. The molecule has 0 atom stereocenters. The lowest BCUT2D eigenvalue weighted by atomic mass is 10.1. The highest BCUT2D eigenvalue weighted by molar-refractivity contribution is 5.25. The summed E-state index contributed by atoms with van der Waals surface area (Å²) in [4.78, 5) is 0. The number of aromatic nitrogens is 2. The van der Waals surface area contributed by atoms with Crippen LogP contribution < -0.4 is 5.73 Å². The van der Waals surface area contributed by atoms with Crippen LogP contribution in [0.25, 0.3) is 0 Å². The van der Waals surface area contributed by atoms with Crippen molar-refractivity contribution in [3.05, 3.63) is 17.8 Å². The van der Waals surface area contributed by atoms with Gasteiger partial charge in [-0.3, -0.25) is 0 Å². The zero-order chi connectivity index (χ0) is 16.0. The average molecular weight is 160 g/mol. The number of nitrogen functional groups attached to an aromatic ring is 1. The molecule has 0 saturated carbocycles. The molecule has 0 spiro atoms. The van der Waals surface area contributed by atoms with E-state index in [-0.39, 0.29) is 5.82 Å². The van der Waals surface area contributed by atoms with Crippen molar-refractivity contribution in [2.24, 2.45) is 5.89 Å². The molecule has 1 heterocycles. The zero-order valence-electron chi connectivity index (χ0n) is 14.6. The first-order chi connectivity index (χ1) is 8.75. The zero-order valence-corrected chi connectivity index (χ0v) is 5.63. The van der Waals surface area contributed by atoms with Crippen molar-refractivity contribution in [1.29, 1.82) is 0 Å². The van der Waals surface area contributed by atoms with E-state index in [0.29, 0.717) is 0 Å². The third-order valence-electron chi connectivity index (χ3n) is 0.938. The molecule has 0 saturated heterocycles. The lowest BCUT2D eigenvalue weighted by Crippen LogP contribution is -2.00. The summed E-state index contributed by atoms with van der Waals surface area (Å²) in [6.45, 7) is -6.80. The second-order valence-corrected chi connectivity index (χ2v) is 1.84. The Hall–Kier alpha value is -1.12. The van der Waals surface area contributed by atoms with E-state index in [2.05, 4.69) is 10.2 Å². The third-order valence-corrected chi connectivity index (χ3v) is 0.938. The van der Waals surface area contributed by atoms with Gasteiger partial charge in [0.15, 0.2) is 0 Å². The first-order valence-electron chi connectivity index (χ1n) is 7.35. The van der Waals surface area contributed by atoms with Gasteiger partial charge in [0.25, 0.3) is 0 Å². The van der Waals surface area contributed by atoms with E-state index in [4.69, 9.17) is 18.1 Å². The van der Waals surface area contributed by atoms with Crippen LogP contribution in [0, 0.1) is 5.89 Å². The number of nitrogens with zero attached hydrogens (tertiary/aromatic N) is 2. The highest BCUT2D eigenvalue weighted by Gasteiger charge is 1.98. The normalized spacial score (nSPS) is 27.1. The smallest absolute Gasteiger partial charge is 0.146 e. The summed E-state index contributed by atoms with van der Waals surface area (Å²) in [6.07, 6.45) is -3.08. The first kappa shape index (κ1) is 2.19. The topological polar surface area (TPSA) is 51.8 Å². The molecule has 3 heteroatoms. The fourth-order valence-corrected chi connectivity index (χ4v) is 0.537. The molecule has 0 aliphatic rings. The van der Waals surface area contributed by atoms with Crippen LogP contribution in [0.15, 0.2) is 12.1 Å². The van der Waals surface area contributed by atoms with E-state index in [9.17, 15) is 0 Å². The lowest BCUT2D eigenvalue weighted by Gasteiger charge is -2.01. The summed E-state index contributed by atoms with van der Waals surface area (Å²) in [7, 11) is 0. The Kier molecular flexibility index (Phi) is 0.660. The lowest BCUT2D eigenvalue weighted by molar-refractivity contribution is 0.628. The van der Waals surface area contributed by atoms with E-state index >= 15 is 0 Å². The first-order valence-corrected chi connectivity index (χ1v) is 2.85. The van der Waals surface area contributed by atoms with Gasteiger partial charge in [0.2, 0.25) is 0 Å². The predicted molar refractivity (Wildman–Crippen MR) is 45.0 cm³/mol. The van der Waals surface area contributed by atoms with E-state index in [1.807, 2.05) is 0 Å². The Morgan fingerprint density at radius 1 is 1.73 bits per heavy atom. The van der Waals surface area contributed by atoms with Crippen LogP contribution in [0.1, 0.15) is 31.7 Å². The van der Waals surface area contributed by atoms with Crippen molar-refractivity contribution >= 4 is 5.82 Å². The largest absolute Gasteiger partial charge is 0.382 e. The second kappa shape index (κ2) is 3.32. The van der Waals surface area contributed by atoms with Gasteiger partial charge in [-0.2, -0.15) is 5.10 Å². The Labute approximate surface area is 79.3 Å². The maximum absolute atomic E-state index is 7.82. The molecule has 2 N–H and O–H groups in total. The molecule has 1 rings (SSSR count). The van der Waals surface area contributed by atoms with Gasteiger partial charge in [0.05, 0.1) is 5.69 Å². The molecule has 0 aromatic carbocycles. The Morgan fingerprint density at radius 3 is 3.09 bits per heavy atom. The van der Waals surface area contributed by atoms with E-state index in [0.717, 1.165) is 12.1 Å². The molecule has 0 aliphatic heterocycles. The highest BCUT2D eigenvalue weighted by Crippen LogP contribution is 2.04. The predicted octanol–water partition coefficient (Wildman–Crippen LogP) is 1.26. The van der Waals surface area contributed by atoms with E-state index in [1.54, 1.807) is 0 Å². The average Bonchev–Trinajstić information content (AvgIpc) is 2.25. The quantitative estimate of drug-likeness (QED) is 0.708. The number of hydrogen-bond donors (Lipinski definition) is 1. The van der Waals surface area contributed by atoms with Crippen molar-refractivity contribution in [1.82, 2.24) is 10.2 Å². The summed E-state index contributed by atoms with van der Waals surface area (Å²) in [6, 6.07) is 2.17. The Balaban J connectivity index is 3.51. The molecule has 0 fully saturated rings. The minimum Gasteiger partial charge on any atom is -0.382 e. The summed E-state index contributed by atoms with van der Waals surface area (Å²) in [5.41, 5.74) is 4.71. The minimum atomic E-state index is -3.40. The molecule has 0 aliphatic carbocycles. The number of anilines is 1. The standard InChI is InChI=1S/C8H13N3/c1-6(2)5-7-3-4-8(9)11-10-7/h3-4,6H,5H2,1-2H3,(H2,9,11)/i1D3,2D3,5D2,6D. The van der Waals surface area contributed by atoms with Crippen molar-refractivity contribution in [2.75, 3.05) is 5.73 Å². The number of nitrogens with two attached hydrogens (primary N) is 1. The van der Waals surface area contributed by atoms with Crippen LogP contribution in [0.2, 0.25) is 0 Å². The van der Waals surface area contributed by atoms with Crippen LogP contribution in [0.4, 0.5) is 5.82 Å². The molecule has 0 unspecified atom stereocenters. The Morgan fingerprint density at radius 2 is 2.55 bits per heavy atom. The Bertz CT molecular complexity index is 461. The SMILES string of the molecule is [2H]C([2H])([2H])C([2H])(C([2H])([2H])[2H])C([2H])([2H])c1ccc(N)nn1. The summed E-state index contributed by atoms with van der Waals surface area (Å²) < 4.78 is 67.0. The van der Waals surface area contributed by atoms with Crippen LogP contribution in [0.3, 0.4) is 0 Å². The highest BCUT2D eigenvalue weighted by atomic mass is 15.1. The van der Waals surface area contributed by atoms with Gasteiger partial charge in [-0.25, -0.2) is 0 Å². The van der Waals surface area contributed by atoms with Crippen molar-refractivity contribution in [3.63, 3.8) is 0 Å². The van der Waals surface area contributed by atoms with Gasteiger partial charge in [0.1, 0.15) is 5.82 Å². The summed E-state index contributed by atoms with van der Waals surface area (Å²) >= 11 is 0. The summed E-state index contributed by atoms with van der Waals surface area (Å²) in [5.74, 6) is -3.43. The number of rotatable bonds is 2. The monoisotopic (exact) mass is 160 g/mol. The molecule has 3 nitrogen and oxygen atoms in total. The van der Waals surface area contributed by atoms with E-state index in [1.165, 1.54) is 0 Å². The van der Waals surface area contributed by atoms with Gasteiger partial charge >= 0.3 is 0 Å². The fraction of sp³-hybridized carbons (Fsp3) is 0.500. The molecule has 1 aromatic heterocycles. The van der Waals surface area contributed by atoms with Gasteiger partial charge in [0, 0.05) is 12.3 Å². The van der Waals surface area contributed by atoms with Gasteiger partial charge in [-0.15, -0.1) is 5.10 Å².